The molecule has 4 heteroatoms. The van der Waals surface area contributed by atoms with Crippen LogP contribution in [0.4, 0.5) is 0 Å². The molecule has 1 N–H and O–H groups in total. The first-order valence-electron chi connectivity index (χ1n) is 5.91. The lowest BCUT2D eigenvalue weighted by molar-refractivity contribution is 0.0697. The van der Waals surface area contributed by atoms with Gasteiger partial charge in [0.05, 0.1) is 11.3 Å². The molecule has 0 fully saturated rings. The fraction of sp³-hybridized carbons (Fsp3) is 0.286. The van der Waals surface area contributed by atoms with Crippen LogP contribution >= 0.6 is 0 Å². The summed E-state index contributed by atoms with van der Waals surface area (Å²) in [6, 6.07) is 5.18. The van der Waals surface area contributed by atoms with Crippen molar-refractivity contribution < 1.29 is 9.90 Å². The van der Waals surface area contributed by atoms with Crippen LogP contribution in [0.1, 0.15) is 28.5 Å². The first-order valence-corrected chi connectivity index (χ1v) is 5.91. The second kappa shape index (κ2) is 4.64. The number of carbonyl (C=O) groups is 1. The molecule has 2 rings (SSSR count). The minimum atomic E-state index is -0.898. The number of aromatic carboxylic acids is 1. The monoisotopic (exact) mass is 244 g/mol. The number of aryl methyl sites for hydroxylation is 3. The van der Waals surface area contributed by atoms with Crippen LogP contribution in [0.15, 0.2) is 24.4 Å². The van der Waals surface area contributed by atoms with E-state index >= 15 is 0 Å². The number of benzene rings is 1. The predicted molar refractivity (Wildman–Crippen MR) is 69.8 cm³/mol. The Morgan fingerprint density at radius 3 is 2.56 bits per heavy atom. The molecule has 1 aromatic heterocycles. The van der Waals surface area contributed by atoms with Crippen LogP contribution in [0.2, 0.25) is 0 Å². The summed E-state index contributed by atoms with van der Waals surface area (Å²) >= 11 is 0. The molecule has 0 aliphatic carbocycles. The van der Waals surface area contributed by atoms with Gasteiger partial charge in [-0.1, -0.05) is 6.07 Å². The lowest BCUT2D eigenvalue weighted by Gasteiger charge is -2.05. The highest BCUT2D eigenvalue weighted by Crippen LogP contribution is 2.26. The molecule has 94 valence electrons. The molecule has 0 aliphatic heterocycles. The van der Waals surface area contributed by atoms with E-state index in [1.807, 2.05) is 37.7 Å². The van der Waals surface area contributed by atoms with E-state index in [-0.39, 0.29) is 0 Å². The number of aromatic nitrogens is 2. The van der Waals surface area contributed by atoms with Crippen LogP contribution < -0.4 is 0 Å². The number of hydrogen-bond donors (Lipinski definition) is 1. The normalized spacial score (nSPS) is 10.6. The van der Waals surface area contributed by atoms with Gasteiger partial charge < -0.3 is 5.11 Å². The molecular weight excluding hydrogens is 228 g/mol. The van der Waals surface area contributed by atoms with Gasteiger partial charge in [-0.3, -0.25) is 4.68 Å². The summed E-state index contributed by atoms with van der Waals surface area (Å²) in [7, 11) is 0. The third-order valence-corrected chi connectivity index (χ3v) is 3.03. The van der Waals surface area contributed by atoms with Gasteiger partial charge in [0.1, 0.15) is 0 Å². The van der Waals surface area contributed by atoms with Gasteiger partial charge in [-0.2, -0.15) is 5.10 Å². The maximum atomic E-state index is 10.9. The van der Waals surface area contributed by atoms with Crippen molar-refractivity contribution in [1.82, 2.24) is 9.78 Å². The molecular formula is C14H16N2O2. The second-order valence-electron chi connectivity index (χ2n) is 4.32. The molecule has 0 aliphatic rings. The Bertz CT molecular complexity index is 600. The molecule has 0 saturated heterocycles. The van der Waals surface area contributed by atoms with E-state index in [4.69, 9.17) is 5.11 Å². The zero-order chi connectivity index (χ0) is 13.3. The van der Waals surface area contributed by atoms with E-state index in [2.05, 4.69) is 5.10 Å². The zero-order valence-electron chi connectivity index (χ0n) is 10.8. The van der Waals surface area contributed by atoms with E-state index in [1.165, 1.54) is 0 Å². The van der Waals surface area contributed by atoms with Crippen LogP contribution in [0.5, 0.6) is 0 Å². The fourth-order valence-corrected chi connectivity index (χ4v) is 2.04. The van der Waals surface area contributed by atoms with E-state index < -0.39 is 5.97 Å². The van der Waals surface area contributed by atoms with E-state index in [0.29, 0.717) is 5.56 Å². The van der Waals surface area contributed by atoms with Gasteiger partial charge in [-0.15, -0.1) is 0 Å². The van der Waals surface area contributed by atoms with Gasteiger partial charge in [-0.05, 0) is 44.0 Å². The highest BCUT2D eigenvalue weighted by Gasteiger charge is 2.11. The summed E-state index contributed by atoms with van der Waals surface area (Å²) in [5.74, 6) is -0.898. The van der Waals surface area contributed by atoms with Gasteiger partial charge in [-0.25, -0.2) is 4.79 Å². The van der Waals surface area contributed by atoms with Crippen LogP contribution in [-0.2, 0) is 6.54 Å². The maximum absolute atomic E-state index is 10.9. The SMILES string of the molecule is CCn1cc(-c2ccc(C(=O)O)cc2C)c(C)n1. The minimum absolute atomic E-state index is 0.316. The largest absolute Gasteiger partial charge is 0.478 e. The second-order valence-corrected chi connectivity index (χ2v) is 4.32. The third-order valence-electron chi connectivity index (χ3n) is 3.03. The van der Waals surface area contributed by atoms with Gasteiger partial charge in [0.2, 0.25) is 0 Å². The van der Waals surface area contributed by atoms with Crippen LogP contribution in [0, 0.1) is 13.8 Å². The lowest BCUT2D eigenvalue weighted by atomic mass is 9.99. The Labute approximate surface area is 106 Å². The van der Waals surface area contributed by atoms with Crippen molar-refractivity contribution in [3.05, 3.63) is 41.2 Å². The van der Waals surface area contributed by atoms with Crippen molar-refractivity contribution in [2.24, 2.45) is 0 Å². The smallest absolute Gasteiger partial charge is 0.335 e. The molecule has 0 saturated carbocycles. The molecule has 0 amide bonds. The van der Waals surface area contributed by atoms with Crippen molar-refractivity contribution in [3.63, 3.8) is 0 Å². The molecule has 0 unspecified atom stereocenters. The molecule has 4 nitrogen and oxygen atoms in total. The summed E-state index contributed by atoms with van der Waals surface area (Å²) in [5, 5.41) is 13.4. The Kier molecular flexibility index (Phi) is 3.19. The molecule has 2 aromatic rings. The van der Waals surface area contributed by atoms with E-state index in [1.54, 1.807) is 12.1 Å². The number of hydrogen-bond acceptors (Lipinski definition) is 2. The molecule has 0 atom stereocenters. The van der Waals surface area contributed by atoms with Crippen molar-refractivity contribution in [2.45, 2.75) is 27.3 Å². The Hall–Kier alpha value is -2.10. The van der Waals surface area contributed by atoms with Crippen LogP contribution in [-0.4, -0.2) is 20.9 Å². The Balaban J connectivity index is 2.50. The molecule has 1 aromatic carbocycles. The van der Waals surface area contributed by atoms with Gasteiger partial charge >= 0.3 is 5.97 Å². The average molecular weight is 244 g/mol. The standard InChI is InChI=1S/C14H16N2O2/c1-4-16-8-13(10(3)15-16)12-6-5-11(14(17)18)7-9(12)2/h5-8H,4H2,1-3H3,(H,17,18). The third kappa shape index (κ3) is 2.14. The summed E-state index contributed by atoms with van der Waals surface area (Å²) in [4.78, 5) is 10.9. The Morgan fingerprint density at radius 2 is 2.06 bits per heavy atom. The van der Waals surface area contributed by atoms with Crippen molar-refractivity contribution >= 4 is 5.97 Å². The first-order chi connectivity index (χ1) is 8.52. The molecule has 0 bridgehead atoms. The van der Waals surface area contributed by atoms with E-state index in [0.717, 1.165) is 28.9 Å². The van der Waals surface area contributed by atoms with Crippen molar-refractivity contribution in [1.29, 1.82) is 0 Å². The number of nitrogens with zero attached hydrogens (tertiary/aromatic N) is 2. The van der Waals surface area contributed by atoms with Crippen LogP contribution in [0.3, 0.4) is 0 Å². The van der Waals surface area contributed by atoms with Gasteiger partial charge in [0.15, 0.2) is 0 Å². The predicted octanol–water partition coefficient (Wildman–Crippen LogP) is 2.89. The number of carboxylic acids is 1. The Morgan fingerprint density at radius 1 is 1.33 bits per heavy atom. The number of rotatable bonds is 3. The summed E-state index contributed by atoms with van der Waals surface area (Å²) in [5.41, 5.74) is 4.33. The number of carboxylic acid groups (broad SMARTS) is 1. The first kappa shape index (κ1) is 12.4. The minimum Gasteiger partial charge on any atom is -0.478 e. The average Bonchev–Trinajstić information content (AvgIpc) is 2.70. The van der Waals surface area contributed by atoms with Gasteiger partial charge in [0, 0.05) is 18.3 Å². The molecule has 0 radical (unpaired) electrons. The molecule has 0 spiro atoms. The highest BCUT2D eigenvalue weighted by atomic mass is 16.4. The van der Waals surface area contributed by atoms with Crippen molar-refractivity contribution in [2.75, 3.05) is 0 Å². The lowest BCUT2D eigenvalue weighted by Crippen LogP contribution is -1.97. The zero-order valence-corrected chi connectivity index (χ0v) is 10.8. The van der Waals surface area contributed by atoms with Gasteiger partial charge in [0.25, 0.3) is 0 Å². The highest BCUT2D eigenvalue weighted by molar-refractivity contribution is 5.89. The topological polar surface area (TPSA) is 55.1 Å². The fourth-order valence-electron chi connectivity index (χ4n) is 2.04. The summed E-state index contributed by atoms with van der Waals surface area (Å²) in [6.07, 6.45) is 2.00. The van der Waals surface area contributed by atoms with Crippen molar-refractivity contribution in [3.8, 4) is 11.1 Å². The summed E-state index contributed by atoms with van der Waals surface area (Å²) < 4.78 is 1.88. The quantitative estimate of drug-likeness (QED) is 0.903. The maximum Gasteiger partial charge on any atom is 0.335 e. The summed E-state index contributed by atoms with van der Waals surface area (Å²) in [6.45, 7) is 6.75. The van der Waals surface area contributed by atoms with E-state index in [9.17, 15) is 4.79 Å². The van der Waals surface area contributed by atoms with Crippen LogP contribution in [0.25, 0.3) is 11.1 Å². The molecule has 18 heavy (non-hydrogen) atoms. The molecule has 1 heterocycles.